The van der Waals surface area contributed by atoms with Crippen LogP contribution in [0.15, 0.2) is 109 Å². The van der Waals surface area contributed by atoms with Crippen molar-refractivity contribution in [1.82, 2.24) is 4.90 Å². The van der Waals surface area contributed by atoms with E-state index < -0.39 is 28.6 Å². The molecule has 3 aromatic carbocycles. The molecule has 0 radical (unpaired) electrons. The van der Waals surface area contributed by atoms with Gasteiger partial charge in [0.15, 0.2) is 5.78 Å². The Bertz CT molecular complexity index is 2170. The predicted molar refractivity (Wildman–Crippen MR) is 209 cm³/mol. The first-order valence-corrected chi connectivity index (χ1v) is 20.2. The summed E-state index contributed by atoms with van der Waals surface area (Å²) in [5.41, 5.74) is -1.03. The number of carbonyl (C=O) groups excluding carboxylic acids is 2. The van der Waals surface area contributed by atoms with E-state index in [1.165, 1.54) is 0 Å². The molecule has 2 spiro atoms. The maximum Gasteiger partial charge on any atom is 0.415 e. The summed E-state index contributed by atoms with van der Waals surface area (Å²) in [6, 6.07) is 27.6. The summed E-state index contributed by atoms with van der Waals surface area (Å²) in [6.07, 6.45) is 11.3. The van der Waals surface area contributed by atoms with Crippen LogP contribution < -0.4 is 4.74 Å². The fourth-order valence-electron chi connectivity index (χ4n) is 12.0. The first-order valence-electron chi connectivity index (χ1n) is 19.3. The van der Waals surface area contributed by atoms with Crippen molar-refractivity contribution in [2.75, 3.05) is 6.54 Å². The molecule has 4 aromatic rings. The van der Waals surface area contributed by atoms with E-state index in [9.17, 15) is 19.8 Å². The molecule has 3 fully saturated rings. The van der Waals surface area contributed by atoms with E-state index >= 15 is 0 Å². The van der Waals surface area contributed by atoms with Crippen molar-refractivity contribution in [3.8, 4) is 5.75 Å². The minimum absolute atomic E-state index is 0.0108. The lowest BCUT2D eigenvalue weighted by atomic mass is 9.32. The number of aliphatic hydroxyl groups is 2. The zero-order valence-corrected chi connectivity index (χ0v) is 31.7. The van der Waals surface area contributed by atoms with Crippen LogP contribution >= 0.6 is 11.3 Å². The standard InChI is InChI=1S/C46H49NO5S/c1-30-13-16-37(53-30)40(49)36-27-44-23-24-46(36)38(42(44,2)20-17-34(48)26-44)18-21-43(3)39(46)19-22-45(43,51)29-47(28-31-9-5-4-6-10-31)41(50)52-35-15-14-32-11-7-8-12-33(32)25-35/h4-16,23-25,27,34,38-39,48,51H,17-22,26,28-29H2,1-3H3/t34?,38-,39-,42-,43+,44+,45-,46-/m1/s1. The number of nitrogens with zero attached hydrogens (tertiary/aromatic N) is 1. The number of amides is 1. The molecule has 2 bridgehead atoms. The minimum atomic E-state index is -1.22. The van der Waals surface area contributed by atoms with Crippen LogP contribution in [-0.2, 0) is 6.54 Å². The van der Waals surface area contributed by atoms with Gasteiger partial charge >= 0.3 is 6.09 Å². The van der Waals surface area contributed by atoms with E-state index in [4.69, 9.17) is 4.74 Å². The Kier molecular flexibility index (Phi) is 8.02. The number of carbonyl (C=O) groups is 2. The Labute approximate surface area is 316 Å². The van der Waals surface area contributed by atoms with Gasteiger partial charge in [-0.05, 0) is 110 Å². The molecular formula is C46H49NO5S. The second-order valence-electron chi connectivity index (χ2n) is 17.3. The lowest BCUT2D eigenvalue weighted by Gasteiger charge is -2.71. The highest BCUT2D eigenvalue weighted by Gasteiger charge is 2.74. The fourth-order valence-corrected chi connectivity index (χ4v) is 12.8. The van der Waals surface area contributed by atoms with Crippen molar-refractivity contribution in [3.05, 3.63) is 124 Å². The van der Waals surface area contributed by atoms with Gasteiger partial charge in [-0.3, -0.25) is 4.79 Å². The average Bonchev–Trinajstić information content (AvgIpc) is 3.71. The molecule has 274 valence electrons. The maximum atomic E-state index is 14.8. The molecule has 1 amide bonds. The summed E-state index contributed by atoms with van der Waals surface area (Å²) in [5.74, 6) is 0.748. The van der Waals surface area contributed by atoms with Gasteiger partial charge in [0, 0.05) is 33.2 Å². The number of ether oxygens (including phenoxy) is 1. The monoisotopic (exact) mass is 727 g/mol. The molecule has 0 saturated heterocycles. The number of hydrogen-bond acceptors (Lipinski definition) is 6. The molecule has 0 aliphatic heterocycles. The summed E-state index contributed by atoms with van der Waals surface area (Å²) in [5, 5.41) is 26.2. The Morgan fingerprint density at radius 1 is 0.849 bits per heavy atom. The molecule has 1 unspecified atom stereocenters. The molecule has 1 aromatic heterocycles. The number of rotatable bonds is 7. The summed E-state index contributed by atoms with van der Waals surface area (Å²) in [4.78, 5) is 32.6. The Morgan fingerprint density at radius 2 is 1.57 bits per heavy atom. The second-order valence-corrected chi connectivity index (χ2v) is 18.6. The lowest BCUT2D eigenvalue weighted by molar-refractivity contribution is -0.175. The first kappa shape index (κ1) is 34.7. The quantitative estimate of drug-likeness (QED) is 0.146. The fraction of sp³-hybridized carbons (Fsp3) is 0.435. The van der Waals surface area contributed by atoms with Gasteiger partial charge in [0.1, 0.15) is 5.75 Å². The minimum Gasteiger partial charge on any atom is -0.410 e. The van der Waals surface area contributed by atoms with Crippen LogP contribution in [0.2, 0.25) is 0 Å². The maximum absolute atomic E-state index is 14.8. The van der Waals surface area contributed by atoms with Crippen LogP contribution in [-0.4, -0.2) is 45.2 Å². The average molecular weight is 728 g/mol. The molecule has 8 atom stereocenters. The zero-order valence-electron chi connectivity index (χ0n) is 30.9. The van der Waals surface area contributed by atoms with Crippen molar-refractivity contribution in [2.45, 2.75) is 84.0 Å². The van der Waals surface area contributed by atoms with E-state index in [-0.39, 0.29) is 35.0 Å². The van der Waals surface area contributed by atoms with Gasteiger partial charge in [0.05, 0.1) is 23.1 Å². The van der Waals surface area contributed by atoms with Crippen molar-refractivity contribution in [1.29, 1.82) is 0 Å². The van der Waals surface area contributed by atoms with Crippen molar-refractivity contribution in [3.63, 3.8) is 0 Å². The van der Waals surface area contributed by atoms with Gasteiger partial charge in [-0.1, -0.05) is 92.7 Å². The molecular weight excluding hydrogens is 679 g/mol. The number of Topliss-reactive ketones (excluding diaryl/α,β-unsaturated/α-hetero) is 1. The third-order valence-corrected chi connectivity index (χ3v) is 15.8. The highest BCUT2D eigenvalue weighted by atomic mass is 32.1. The molecule has 6 aliphatic carbocycles. The van der Waals surface area contributed by atoms with Gasteiger partial charge in [0.25, 0.3) is 0 Å². The molecule has 7 heteroatoms. The number of benzene rings is 3. The van der Waals surface area contributed by atoms with Gasteiger partial charge in [0.2, 0.25) is 0 Å². The molecule has 53 heavy (non-hydrogen) atoms. The first-order chi connectivity index (χ1) is 25.4. The smallest absolute Gasteiger partial charge is 0.410 e. The van der Waals surface area contributed by atoms with Gasteiger partial charge in [-0.15, -0.1) is 11.3 Å². The lowest BCUT2D eigenvalue weighted by Crippen LogP contribution is -2.67. The van der Waals surface area contributed by atoms with Crippen molar-refractivity contribution in [2.24, 2.45) is 33.5 Å². The second kappa shape index (κ2) is 12.2. The zero-order chi connectivity index (χ0) is 36.8. The van der Waals surface area contributed by atoms with E-state index in [0.717, 1.165) is 63.8 Å². The van der Waals surface area contributed by atoms with Crippen LogP contribution in [0.25, 0.3) is 10.8 Å². The Balaban J connectivity index is 1.09. The normalized spacial score (nSPS) is 35.3. The third-order valence-electron chi connectivity index (χ3n) is 14.8. The summed E-state index contributed by atoms with van der Waals surface area (Å²) < 4.78 is 6.09. The summed E-state index contributed by atoms with van der Waals surface area (Å²) in [6.45, 7) is 7.09. The molecule has 6 nitrogen and oxygen atoms in total. The number of fused-ring (bicyclic) bond motifs is 2. The number of thiophene rings is 1. The molecule has 3 saturated carbocycles. The van der Waals surface area contributed by atoms with Gasteiger partial charge in [-0.2, -0.15) is 0 Å². The SMILES string of the molecule is Cc1ccc(C(=O)C2=C[C@@]34C=C[C@@]25[C@@H]2CC[C@@](O)(CN(Cc6ccccc6)C(=O)Oc6ccc7ccccc7c6)[C@@]2(C)CC[C@@H]5[C@@]3(C)CCC(O)C4)s1. The van der Waals surface area contributed by atoms with Crippen LogP contribution in [0.1, 0.15) is 78.9 Å². The Morgan fingerprint density at radius 3 is 2.34 bits per heavy atom. The predicted octanol–water partition coefficient (Wildman–Crippen LogP) is 9.68. The Hall–Kier alpha value is -4.04. The van der Waals surface area contributed by atoms with Gasteiger partial charge < -0.3 is 19.8 Å². The molecule has 6 aliphatic rings. The van der Waals surface area contributed by atoms with E-state index in [1.54, 1.807) is 16.2 Å². The molecule has 1 heterocycles. The van der Waals surface area contributed by atoms with E-state index in [1.807, 2.05) is 91.9 Å². The molecule has 10 rings (SSSR count). The summed E-state index contributed by atoms with van der Waals surface area (Å²) >= 11 is 1.55. The van der Waals surface area contributed by atoms with Gasteiger partial charge in [-0.25, -0.2) is 4.79 Å². The largest absolute Gasteiger partial charge is 0.415 e. The van der Waals surface area contributed by atoms with Crippen molar-refractivity contribution >= 4 is 34.0 Å². The van der Waals surface area contributed by atoms with Crippen LogP contribution in [0.5, 0.6) is 5.75 Å². The highest BCUT2D eigenvalue weighted by molar-refractivity contribution is 7.14. The van der Waals surface area contributed by atoms with E-state index in [2.05, 4.69) is 32.1 Å². The topological polar surface area (TPSA) is 87.1 Å². The summed E-state index contributed by atoms with van der Waals surface area (Å²) in [7, 11) is 0. The number of ketones is 1. The van der Waals surface area contributed by atoms with Crippen LogP contribution in [0.3, 0.4) is 0 Å². The number of hydrogen-bond donors (Lipinski definition) is 2. The third kappa shape index (κ3) is 5.10. The molecule has 2 N–H and O–H groups in total. The number of aryl methyl sites for hydroxylation is 1. The van der Waals surface area contributed by atoms with Crippen LogP contribution in [0, 0.1) is 40.4 Å². The van der Waals surface area contributed by atoms with E-state index in [0.29, 0.717) is 25.1 Å². The van der Waals surface area contributed by atoms with Crippen molar-refractivity contribution < 1.29 is 24.5 Å². The highest BCUT2D eigenvalue weighted by Crippen LogP contribution is 2.78. The number of allylic oxidation sites excluding steroid dienone is 4. The number of aliphatic hydroxyl groups excluding tert-OH is 1. The van der Waals surface area contributed by atoms with Crippen LogP contribution in [0.4, 0.5) is 4.79 Å².